The van der Waals surface area contributed by atoms with Gasteiger partial charge in [-0.15, -0.1) is 0 Å². The van der Waals surface area contributed by atoms with E-state index in [1.807, 2.05) is 0 Å². The summed E-state index contributed by atoms with van der Waals surface area (Å²) >= 11 is 0. The highest BCUT2D eigenvalue weighted by molar-refractivity contribution is 6.31. The number of aliphatic hydroxyl groups excluding tert-OH is 2. The van der Waals surface area contributed by atoms with E-state index in [9.17, 15) is 39.9 Å². The molecule has 6 atom stereocenters. The number of Topliss-reactive ketones (excluding diaryl/α,β-unsaturated/α-hetero) is 1. The number of rotatable bonds is 5. The van der Waals surface area contributed by atoms with Crippen LogP contribution in [0.4, 0.5) is 0 Å². The lowest BCUT2D eigenvalue weighted by molar-refractivity contribution is -0.247. The first-order chi connectivity index (χ1) is 18.4. The van der Waals surface area contributed by atoms with Crippen molar-refractivity contribution >= 4 is 17.3 Å². The first-order valence-electron chi connectivity index (χ1n) is 12.4. The number of hydrogen-bond acceptors (Lipinski definition) is 12. The molecule has 0 amide bonds. The number of carbonyl (C=O) groups is 3. The van der Waals surface area contributed by atoms with Gasteiger partial charge >= 0.3 is 0 Å². The Morgan fingerprint density at radius 3 is 2.49 bits per heavy atom. The zero-order valence-corrected chi connectivity index (χ0v) is 21.2. The number of hydrogen-bond donors (Lipinski definition) is 6. The molecule has 12 heteroatoms. The van der Waals surface area contributed by atoms with Gasteiger partial charge in [0, 0.05) is 42.0 Å². The molecule has 3 aliphatic rings. The molecular weight excluding hydrogens is 514 g/mol. The van der Waals surface area contributed by atoms with Gasteiger partial charge in [0.05, 0.1) is 42.1 Å². The maximum Gasteiger partial charge on any atom is 0.202 e. The minimum atomic E-state index is -2.24. The molecule has 0 bridgehead atoms. The molecule has 2 aromatic carbocycles. The van der Waals surface area contributed by atoms with Crippen LogP contribution in [-0.4, -0.2) is 86.7 Å². The number of phenols is 2. The molecule has 0 aromatic heterocycles. The number of benzene rings is 2. The van der Waals surface area contributed by atoms with E-state index in [0.717, 1.165) is 0 Å². The Labute approximate surface area is 222 Å². The molecule has 2 aromatic rings. The number of ketones is 3. The normalized spacial score (nSPS) is 29.8. The van der Waals surface area contributed by atoms with E-state index in [0.29, 0.717) is 0 Å². The van der Waals surface area contributed by atoms with Crippen LogP contribution in [0, 0.1) is 0 Å². The topological polar surface area (TPSA) is 206 Å². The quantitative estimate of drug-likeness (QED) is 0.235. The summed E-state index contributed by atoms with van der Waals surface area (Å²) in [6.45, 7) is 0.560. The maximum absolute atomic E-state index is 13.6. The Morgan fingerprint density at radius 1 is 1.15 bits per heavy atom. The molecule has 0 spiro atoms. The lowest BCUT2D eigenvalue weighted by Gasteiger charge is -2.42. The van der Waals surface area contributed by atoms with E-state index in [-0.39, 0.29) is 34.4 Å². The molecule has 39 heavy (non-hydrogen) atoms. The summed E-state index contributed by atoms with van der Waals surface area (Å²) in [5, 5.41) is 53.7. The van der Waals surface area contributed by atoms with E-state index in [1.165, 1.54) is 25.3 Å². The van der Waals surface area contributed by atoms with E-state index in [2.05, 4.69) is 0 Å². The largest absolute Gasteiger partial charge is 0.507 e. The fourth-order valence-corrected chi connectivity index (χ4v) is 5.75. The number of methoxy groups -OCH3 is 1. The maximum atomic E-state index is 13.6. The summed E-state index contributed by atoms with van der Waals surface area (Å²) < 4.78 is 17.0. The van der Waals surface area contributed by atoms with Crippen LogP contribution >= 0.6 is 0 Å². The highest BCUT2D eigenvalue weighted by Crippen LogP contribution is 2.52. The molecular formula is C27H29NO11. The molecule has 1 saturated heterocycles. The van der Waals surface area contributed by atoms with Gasteiger partial charge in [0.2, 0.25) is 5.78 Å². The second-order valence-electron chi connectivity index (χ2n) is 10.2. The molecule has 0 saturated carbocycles. The molecule has 12 nitrogen and oxygen atoms in total. The van der Waals surface area contributed by atoms with Crippen molar-refractivity contribution in [2.75, 3.05) is 13.7 Å². The predicted octanol–water partition coefficient (Wildman–Crippen LogP) is 0.00130. The van der Waals surface area contributed by atoms with Crippen LogP contribution in [0.1, 0.15) is 68.8 Å². The molecule has 0 radical (unpaired) electrons. The van der Waals surface area contributed by atoms with Gasteiger partial charge in [-0.05, 0) is 13.0 Å². The Kier molecular flexibility index (Phi) is 6.74. The number of fused-ring (bicyclic) bond motifs is 3. The minimum absolute atomic E-state index is 0.0173. The number of aromatic hydroxyl groups is 2. The van der Waals surface area contributed by atoms with Crippen LogP contribution < -0.4 is 10.5 Å². The lowest BCUT2D eigenvalue weighted by atomic mass is 9.72. The van der Waals surface area contributed by atoms with Gasteiger partial charge in [0.1, 0.15) is 29.5 Å². The van der Waals surface area contributed by atoms with Gasteiger partial charge in [-0.3, -0.25) is 14.4 Å². The monoisotopic (exact) mass is 543 g/mol. The van der Waals surface area contributed by atoms with Crippen molar-refractivity contribution in [2.24, 2.45) is 5.73 Å². The standard InChI is InChI=1S/C27H29NO11/c1-10-22(31)13(28)6-17(38-10)39-15-8-27(36,16(30)9-29)7-12-19(15)26(35)21-20(24(12)33)23(32)11-4-3-5-14(37-2)18(11)25(21)34/h3-5,10,13,15,17,22,29,31,33,35-36H,6-9,28H2,1-2H3/t10-,13-,15?,17+,22+,27?/m1/s1. The number of phenolic OH excluding ortho intramolecular Hbond substituents is 2. The van der Waals surface area contributed by atoms with Crippen LogP contribution in [-0.2, 0) is 20.7 Å². The predicted molar refractivity (Wildman–Crippen MR) is 132 cm³/mol. The molecule has 7 N–H and O–H groups in total. The van der Waals surface area contributed by atoms with Crippen molar-refractivity contribution in [1.29, 1.82) is 0 Å². The summed E-state index contributed by atoms with van der Waals surface area (Å²) in [7, 11) is 1.32. The number of ether oxygens (including phenoxy) is 3. The van der Waals surface area contributed by atoms with Crippen LogP contribution in [0.25, 0.3) is 0 Å². The van der Waals surface area contributed by atoms with Gasteiger partial charge in [0.25, 0.3) is 0 Å². The molecule has 2 aliphatic carbocycles. The van der Waals surface area contributed by atoms with Crippen LogP contribution in [0.2, 0.25) is 0 Å². The average Bonchev–Trinajstić information content (AvgIpc) is 2.90. The van der Waals surface area contributed by atoms with Crippen molar-refractivity contribution < 1.29 is 54.1 Å². The van der Waals surface area contributed by atoms with Crippen LogP contribution in [0.15, 0.2) is 18.2 Å². The van der Waals surface area contributed by atoms with Crippen molar-refractivity contribution in [2.45, 2.75) is 62.4 Å². The Bertz CT molecular complexity index is 1380. The molecule has 208 valence electrons. The smallest absolute Gasteiger partial charge is 0.202 e. The fraction of sp³-hybridized carbons (Fsp3) is 0.444. The van der Waals surface area contributed by atoms with E-state index >= 15 is 0 Å². The first kappa shape index (κ1) is 27.2. The fourth-order valence-electron chi connectivity index (χ4n) is 5.75. The molecule has 5 rings (SSSR count). The van der Waals surface area contributed by atoms with Crippen molar-refractivity contribution in [3.05, 3.63) is 51.6 Å². The summed E-state index contributed by atoms with van der Waals surface area (Å²) in [5.41, 5.74) is 2.37. The number of aliphatic hydroxyl groups is 3. The SMILES string of the molecule is COc1cccc2c1C(=O)c1c(O)c3c(c(O)c1C2=O)CC(O)(C(=O)CO)CC3O[C@H]1C[C@@H](N)[C@@H](O)[C@@H](C)O1. The summed E-state index contributed by atoms with van der Waals surface area (Å²) in [5.74, 6) is -3.77. The van der Waals surface area contributed by atoms with Gasteiger partial charge in [-0.2, -0.15) is 0 Å². The van der Waals surface area contributed by atoms with Gasteiger partial charge < -0.3 is 45.5 Å². The second kappa shape index (κ2) is 9.66. The summed E-state index contributed by atoms with van der Waals surface area (Å²) in [6.07, 6.45) is -5.12. The Morgan fingerprint density at radius 2 is 1.85 bits per heavy atom. The third kappa shape index (κ3) is 4.11. The number of carbonyl (C=O) groups excluding carboxylic acids is 3. The van der Waals surface area contributed by atoms with E-state index < -0.39 is 95.7 Å². The summed E-state index contributed by atoms with van der Waals surface area (Å²) in [6, 6.07) is 3.64. The minimum Gasteiger partial charge on any atom is -0.507 e. The Hall–Kier alpha value is -3.39. The zero-order valence-electron chi connectivity index (χ0n) is 21.2. The van der Waals surface area contributed by atoms with Gasteiger partial charge in [-0.25, -0.2) is 0 Å². The van der Waals surface area contributed by atoms with Gasteiger partial charge in [-0.1, -0.05) is 12.1 Å². The molecule has 2 unspecified atom stereocenters. The zero-order chi connectivity index (χ0) is 28.4. The highest BCUT2D eigenvalue weighted by atomic mass is 16.7. The van der Waals surface area contributed by atoms with Crippen molar-refractivity contribution in [3.8, 4) is 17.2 Å². The Balaban J connectivity index is 1.69. The molecule has 1 fully saturated rings. The third-order valence-electron chi connectivity index (χ3n) is 7.81. The first-order valence-corrected chi connectivity index (χ1v) is 12.4. The van der Waals surface area contributed by atoms with Crippen molar-refractivity contribution in [1.82, 2.24) is 0 Å². The van der Waals surface area contributed by atoms with Gasteiger partial charge in [0.15, 0.2) is 17.9 Å². The summed E-state index contributed by atoms with van der Waals surface area (Å²) in [4.78, 5) is 39.7. The molecule has 1 heterocycles. The average molecular weight is 544 g/mol. The van der Waals surface area contributed by atoms with Crippen molar-refractivity contribution in [3.63, 3.8) is 0 Å². The van der Waals surface area contributed by atoms with E-state index in [4.69, 9.17) is 19.9 Å². The highest BCUT2D eigenvalue weighted by Gasteiger charge is 2.50. The lowest BCUT2D eigenvalue weighted by Crippen LogP contribution is -2.53. The second-order valence-corrected chi connectivity index (χ2v) is 10.2. The van der Waals surface area contributed by atoms with Crippen LogP contribution in [0.5, 0.6) is 17.2 Å². The third-order valence-corrected chi connectivity index (χ3v) is 7.81. The van der Waals surface area contributed by atoms with Crippen LogP contribution in [0.3, 0.4) is 0 Å². The molecule has 1 aliphatic heterocycles. The van der Waals surface area contributed by atoms with E-state index in [1.54, 1.807) is 6.92 Å². The number of nitrogens with two attached hydrogens (primary N) is 1.